The second kappa shape index (κ2) is 10.8. The highest BCUT2D eigenvalue weighted by molar-refractivity contribution is 7.92. The van der Waals surface area contributed by atoms with Gasteiger partial charge in [0, 0.05) is 44.7 Å². The number of carbonyl (C=O) groups excluding carboxylic acids is 2. The van der Waals surface area contributed by atoms with Crippen molar-refractivity contribution in [1.82, 2.24) is 4.90 Å². The largest absolute Gasteiger partial charge is 0.343 e. The highest BCUT2D eigenvalue weighted by Crippen LogP contribution is 2.33. The zero-order valence-corrected chi connectivity index (χ0v) is 21.5. The molecule has 0 atom stereocenters. The number of sulfonamides is 1. The minimum Gasteiger partial charge on any atom is -0.343 e. The van der Waals surface area contributed by atoms with Gasteiger partial charge in [-0.2, -0.15) is 0 Å². The Hall–Kier alpha value is -2.87. The molecule has 1 fully saturated rings. The number of nitrogens with zero attached hydrogens (tertiary/aromatic N) is 3. The van der Waals surface area contributed by atoms with Crippen molar-refractivity contribution in [2.24, 2.45) is 0 Å². The Bertz CT molecular complexity index is 1190. The summed E-state index contributed by atoms with van der Waals surface area (Å²) >= 11 is 0. The van der Waals surface area contributed by atoms with E-state index in [1.165, 1.54) is 4.31 Å². The van der Waals surface area contributed by atoms with Gasteiger partial charge in [-0.05, 0) is 74.6 Å². The van der Waals surface area contributed by atoms with Crippen LogP contribution in [0.5, 0.6) is 0 Å². The molecule has 2 aromatic rings. The Morgan fingerprint density at radius 1 is 0.914 bits per heavy atom. The number of benzene rings is 2. The smallest absolute Gasteiger partial charge is 0.264 e. The highest BCUT2D eigenvalue weighted by atomic mass is 32.2. The average Bonchev–Trinajstić information content (AvgIpc) is 3.07. The monoisotopic (exact) mass is 497 g/mol. The summed E-state index contributed by atoms with van der Waals surface area (Å²) in [6.07, 6.45) is 5.37. The second-order valence-electron chi connectivity index (χ2n) is 9.39. The fraction of sp³-hybridized carbons (Fsp3) is 0.481. The van der Waals surface area contributed by atoms with Crippen molar-refractivity contribution in [1.29, 1.82) is 0 Å². The van der Waals surface area contributed by atoms with Gasteiger partial charge in [-0.3, -0.25) is 13.9 Å². The molecule has 0 aliphatic carbocycles. The van der Waals surface area contributed by atoms with Crippen molar-refractivity contribution in [3.05, 3.63) is 53.6 Å². The maximum atomic E-state index is 13.4. The molecule has 0 spiro atoms. The molecule has 0 bridgehead atoms. The van der Waals surface area contributed by atoms with E-state index in [1.54, 1.807) is 29.2 Å². The van der Waals surface area contributed by atoms with Crippen LogP contribution in [0.25, 0.3) is 0 Å². The normalized spacial score (nSPS) is 16.1. The molecule has 0 saturated carbocycles. The summed E-state index contributed by atoms with van der Waals surface area (Å²) in [6.45, 7) is 6.15. The molecule has 35 heavy (non-hydrogen) atoms. The first-order valence-electron chi connectivity index (χ1n) is 12.6. The lowest BCUT2D eigenvalue weighted by Crippen LogP contribution is -2.34. The molecule has 7 nitrogen and oxygen atoms in total. The lowest BCUT2D eigenvalue weighted by molar-refractivity contribution is -0.133. The van der Waals surface area contributed by atoms with Crippen LogP contribution in [-0.4, -0.2) is 51.3 Å². The molecule has 0 radical (unpaired) electrons. The summed E-state index contributed by atoms with van der Waals surface area (Å²) in [6, 6.07) is 12.5. The van der Waals surface area contributed by atoms with E-state index in [1.807, 2.05) is 36.9 Å². The standard InChI is InChI=1S/C27H35N3O4S/c1-3-30(23-10-8-9-21(2)19-23)35(33,34)24-11-12-25-22(20-24)15-18-29(25)27(32)14-13-26(31)28-16-6-4-5-7-17-28/h8-12,19-20H,3-7,13-18H2,1-2H3. The fourth-order valence-electron chi connectivity index (χ4n) is 5.03. The van der Waals surface area contributed by atoms with E-state index in [0.29, 0.717) is 25.2 Å². The van der Waals surface area contributed by atoms with E-state index in [0.717, 1.165) is 55.6 Å². The Labute approximate surface area is 208 Å². The van der Waals surface area contributed by atoms with Crippen LogP contribution in [0.2, 0.25) is 0 Å². The van der Waals surface area contributed by atoms with Gasteiger partial charge in [0.25, 0.3) is 10.0 Å². The molecular weight excluding hydrogens is 462 g/mol. The molecule has 0 N–H and O–H groups in total. The Morgan fingerprint density at radius 2 is 1.63 bits per heavy atom. The van der Waals surface area contributed by atoms with Crippen molar-refractivity contribution in [2.75, 3.05) is 35.4 Å². The number of anilines is 2. The molecule has 4 rings (SSSR count). The van der Waals surface area contributed by atoms with Gasteiger partial charge in [0.15, 0.2) is 0 Å². The van der Waals surface area contributed by atoms with Crippen molar-refractivity contribution in [2.45, 2.75) is 63.7 Å². The molecule has 8 heteroatoms. The van der Waals surface area contributed by atoms with E-state index >= 15 is 0 Å². The van der Waals surface area contributed by atoms with Gasteiger partial charge in [0.2, 0.25) is 11.8 Å². The average molecular weight is 498 g/mol. The SMILES string of the molecule is CCN(c1cccc(C)c1)S(=O)(=O)c1ccc2c(c1)CCN2C(=O)CCC(=O)N1CCCCCC1. The molecule has 2 amide bonds. The molecule has 2 aliphatic heterocycles. The maximum absolute atomic E-state index is 13.4. The lowest BCUT2D eigenvalue weighted by Gasteiger charge is -2.24. The van der Waals surface area contributed by atoms with Crippen molar-refractivity contribution >= 4 is 33.2 Å². The van der Waals surface area contributed by atoms with Crippen LogP contribution in [0.4, 0.5) is 11.4 Å². The van der Waals surface area contributed by atoms with Crippen LogP contribution in [0.1, 0.15) is 56.6 Å². The van der Waals surface area contributed by atoms with E-state index in [4.69, 9.17) is 0 Å². The summed E-state index contributed by atoms with van der Waals surface area (Å²) in [5.41, 5.74) is 3.22. The quantitative estimate of drug-likeness (QED) is 0.572. The first-order valence-corrected chi connectivity index (χ1v) is 14.1. The number of carbonyl (C=O) groups is 2. The predicted octanol–water partition coefficient (Wildman–Crippen LogP) is 4.28. The second-order valence-corrected chi connectivity index (χ2v) is 11.3. The van der Waals surface area contributed by atoms with Crippen LogP contribution in [-0.2, 0) is 26.0 Å². The summed E-state index contributed by atoms with van der Waals surface area (Å²) in [4.78, 5) is 29.3. The highest BCUT2D eigenvalue weighted by Gasteiger charge is 2.29. The number of fused-ring (bicyclic) bond motifs is 1. The summed E-state index contributed by atoms with van der Waals surface area (Å²) in [5.74, 6) is -0.0330. The van der Waals surface area contributed by atoms with Gasteiger partial charge in [0.05, 0.1) is 10.6 Å². The lowest BCUT2D eigenvalue weighted by atomic mass is 10.2. The minimum atomic E-state index is -3.74. The van der Waals surface area contributed by atoms with Crippen LogP contribution in [0.15, 0.2) is 47.4 Å². The Balaban J connectivity index is 1.46. The first-order chi connectivity index (χ1) is 16.8. The van der Waals surface area contributed by atoms with Crippen molar-refractivity contribution in [3.63, 3.8) is 0 Å². The molecule has 0 aromatic heterocycles. The molecule has 188 valence electrons. The van der Waals surface area contributed by atoms with Gasteiger partial charge >= 0.3 is 0 Å². The van der Waals surface area contributed by atoms with Gasteiger partial charge in [0.1, 0.15) is 0 Å². The maximum Gasteiger partial charge on any atom is 0.264 e. The minimum absolute atomic E-state index is 0.0527. The van der Waals surface area contributed by atoms with Crippen LogP contribution >= 0.6 is 0 Å². The van der Waals surface area contributed by atoms with E-state index in [9.17, 15) is 18.0 Å². The number of hydrogen-bond acceptors (Lipinski definition) is 4. The third-order valence-corrected chi connectivity index (χ3v) is 8.82. The predicted molar refractivity (Wildman–Crippen MR) is 138 cm³/mol. The number of hydrogen-bond donors (Lipinski definition) is 0. The molecule has 0 unspecified atom stereocenters. The van der Waals surface area contributed by atoms with Crippen LogP contribution in [0, 0.1) is 6.92 Å². The van der Waals surface area contributed by atoms with E-state index < -0.39 is 10.0 Å². The molecule has 2 aromatic carbocycles. The number of aryl methyl sites for hydroxylation is 1. The fourth-order valence-corrected chi connectivity index (χ4v) is 6.54. The zero-order valence-electron chi connectivity index (χ0n) is 20.7. The topological polar surface area (TPSA) is 78.0 Å². The molecular formula is C27H35N3O4S. The molecule has 1 saturated heterocycles. The summed E-state index contributed by atoms with van der Waals surface area (Å²) in [7, 11) is -3.74. The van der Waals surface area contributed by atoms with Crippen molar-refractivity contribution in [3.8, 4) is 0 Å². The number of likely N-dealkylation sites (tertiary alicyclic amines) is 1. The summed E-state index contributed by atoms with van der Waals surface area (Å²) in [5, 5.41) is 0. The zero-order chi connectivity index (χ0) is 25.0. The van der Waals surface area contributed by atoms with Gasteiger partial charge in [-0.15, -0.1) is 0 Å². The van der Waals surface area contributed by atoms with Crippen LogP contribution < -0.4 is 9.21 Å². The molecule has 2 heterocycles. The van der Waals surface area contributed by atoms with Crippen LogP contribution in [0.3, 0.4) is 0 Å². The third-order valence-electron chi connectivity index (χ3n) is 6.92. The number of rotatable bonds is 7. The summed E-state index contributed by atoms with van der Waals surface area (Å²) < 4.78 is 28.3. The van der Waals surface area contributed by atoms with Gasteiger partial charge in [-0.25, -0.2) is 8.42 Å². The number of amides is 2. The Morgan fingerprint density at radius 3 is 2.31 bits per heavy atom. The third kappa shape index (κ3) is 5.53. The van der Waals surface area contributed by atoms with E-state index in [2.05, 4.69) is 0 Å². The first kappa shape index (κ1) is 25.2. The molecule has 2 aliphatic rings. The van der Waals surface area contributed by atoms with E-state index in [-0.39, 0.29) is 29.6 Å². The van der Waals surface area contributed by atoms with Crippen molar-refractivity contribution < 1.29 is 18.0 Å². The van der Waals surface area contributed by atoms with Gasteiger partial charge in [-0.1, -0.05) is 25.0 Å². The Kier molecular flexibility index (Phi) is 7.79. The van der Waals surface area contributed by atoms with Gasteiger partial charge < -0.3 is 9.80 Å².